The maximum Gasteiger partial charge on any atom is 0.335 e. The molecule has 3 N–H and O–H groups in total. The van der Waals surface area contributed by atoms with Gasteiger partial charge in [-0.25, -0.2) is 4.79 Å². The molecule has 1 aliphatic heterocycles. The number of nitrogens with zero attached hydrogens (tertiary/aromatic N) is 1. The van der Waals surface area contributed by atoms with Gasteiger partial charge >= 0.3 is 5.97 Å². The molecule has 0 unspecified atom stereocenters. The van der Waals surface area contributed by atoms with Crippen LogP contribution in [-0.4, -0.2) is 81.5 Å². The van der Waals surface area contributed by atoms with Crippen molar-refractivity contribution in [3.05, 3.63) is 23.8 Å². The van der Waals surface area contributed by atoms with Crippen molar-refractivity contribution in [2.24, 2.45) is 0 Å². The second kappa shape index (κ2) is 24.4. The van der Waals surface area contributed by atoms with E-state index in [1.54, 1.807) is 19.2 Å². The van der Waals surface area contributed by atoms with Gasteiger partial charge in [-0.1, -0.05) is 13.8 Å². The van der Waals surface area contributed by atoms with Crippen molar-refractivity contribution in [3.8, 4) is 17.6 Å². The standard InChI is InChI=1S/C14H20N2O4.C4H6.C2H6.CH4O.CH2O/c1-19-13-3-2-11(14(17)18)10-12(13)15-4-5-16-6-8-20-9-7-16;1-3-4-2;3*1-2/h2-3,10,15H,4-9H2,1H3,(H,17,18);1-2H3;1-2H3;2H,1H3;1H2. The number of carbonyl (C=O) groups is 2. The molecule has 0 bridgehead atoms. The number of nitrogens with one attached hydrogen (secondary N) is 1. The van der Waals surface area contributed by atoms with Crippen molar-refractivity contribution in [1.82, 2.24) is 4.90 Å². The Labute approximate surface area is 181 Å². The first kappa shape index (κ1) is 32.1. The largest absolute Gasteiger partial charge is 0.495 e. The summed E-state index contributed by atoms with van der Waals surface area (Å²) in [7, 11) is 2.57. The number of anilines is 1. The van der Waals surface area contributed by atoms with Crippen molar-refractivity contribution in [2.75, 3.05) is 58.9 Å². The van der Waals surface area contributed by atoms with E-state index in [9.17, 15) is 4.79 Å². The molecule has 172 valence electrons. The zero-order valence-electron chi connectivity index (χ0n) is 19.2. The van der Waals surface area contributed by atoms with Crippen LogP contribution in [0.15, 0.2) is 18.2 Å². The fourth-order valence-electron chi connectivity index (χ4n) is 2.15. The molecule has 1 aromatic carbocycles. The lowest BCUT2D eigenvalue weighted by atomic mass is 10.2. The molecule has 0 amide bonds. The van der Waals surface area contributed by atoms with Crippen LogP contribution >= 0.6 is 0 Å². The molecule has 1 aromatic rings. The average Bonchev–Trinajstić information content (AvgIpc) is 2.83. The molecule has 0 spiro atoms. The number of rotatable bonds is 6. The van der Waals surface area contributed by atoms with Crippen LogP contribution in [0.4, 0.5) is 5.69 Å². The number of morpholine rings is 1. The molecule has 1 saturated heterocycles. The van der Waals surface area contributed by atoms with Crippen molar-refractivity contribution in [3.63, 3.8) is 0 Å². The van der Waals surface area contributed by atoms with E-state index in [0.717, 1.165) is 46.5 Å². The Balaban J connectivity index is -0.000000627. The van der Waals surface area contributed by atoms with Gasteiger partial charge < -0.3 is 29.8 Å². The molecule has 0 aliphatic carbocycles. The number of carbonyl (C=O) groups excluding carboxylic acids is 1. The molecule has 0 radical (unpaired) electrons. The molecule has 8 heteroatoms. The topological polar surface area (TPSA) is 108 Å². The van der Waals surface area contributed by atoms with Gasteiger partial charge in [-0.3, -0.25) is 4.90 Å². The van der Waals surface area contributed by atoms with Gasteiger partial charge in [-0.05, 0) is 32.0 Å². The first-order valence-corrected chi connectivity index (χ1v) is 9.64. The Morgan fingerprint density at radius 2 is 1.73 bits per heavy atom. The third-order valence-corrected chi connectivity index (χ3v) is 3.54. The normalized spacial score (nSPS) is 11.6. The lowest BCUT2D eigenvalue weighted by Gasteiger charge is -2.26. The number of benzene rings is 1. The molecule has 1 fully saturated rings. The SMILES string of the molecule is C=O.CC.CC#CC.CO.COc1ccc(C(=O)O)cc1NCCN1CCOCC1. The first-order chi connectivity index (χ1) is 14.6. The van der Waals surface area contributed by atoms with Gasteiger partial charge in [0.05, 0.1) is 31.6 Å². The maximum atomic E-state index is 11.0. The number of ether oxygens (including phenoxy) is 2. The van der Waals surface area contributed by atoms with Crippen LogP contribution < -0.4 is 10.1 Å². The molecule has 1 aliphatic rings. The quantitative estimate of drug-likeness (QED) is 0.596. The molecule has 1 heterocycles. The molecular formula is C22H38N2O6. The lowest BCUT2D eigenvalue weighted by Crippen LogP contribution is -2.39. The Hall–Kier alpha value is -2.60. The number of carboxylic acids is 1. The fraction of sp³-hybridized carbons (Fsp3) is 0.545. The van der Waals surface area contributed by atoms with Gasteiger partial charge in [0.2, 0.25) is 0 Å². The van der Waals surface area contributed by atoms with Gasteiger partial charge in [-0.15, -0.1) is 11.8 Å². The first-order valence-electron chi connectivity index (χ1n) is 9.64. The highest BCUT2D eigenvalue weighted by atomic mass is 16.5. The van der Waals surface area contributed by atoms with E-state index in [-0.39, 0.29) is 5.56 Å². The van der Waals surface area contributed by atoms with Crippen LogP contribution in [-0.2, 0) is 9.53 Å². The van der Waals surface area contributed by atoms with Crippen molar-refractivity contribution in [2.45, 2.75) is 27.7 Å². The van der Waals surface area contributed by atoms with E-state index in [0.29, 0.717) is 11.4 Å². The summed E-state index contributed by atoms with van der Waals surface area (Å²) in [6, 6.07) is 4.80. The van der Waals surface area contributed by atoms with Gasteiger partial charge in [0.1, 0.15) is 12.5 Å². The zero-order chi connectivity index (χ0) is 23.8. The number of aliphatic hydroxyl groups excluding tert-OH is 1. The number of methoxy groups -OCH3 is 1. The Kier molecular flexibility index (Phi) is 26.1. The predicted octanol–water partition coefficient (Wildman–Crippen LogP) is 2.62. The summed E-state index contributed by atoms with van der Waals surface area (Å²) in [5, 5.41) is 19.2. The summed E-state index contributed by atoms with van der Waals surface area (Å²) >= 11 is 0. The fourth-order valence-corrected chi connectivity index (χ4v) is 2.15. The Bertz CT molecular complexity index is 587. The molecule has 30 heavy (non-hydrogen) atoms. The average molecular weight is 427 g/mol. The minimum atomic E-state index is -0.941. The molecular weight excluding hydrogens is 388 g/mol. The highest BCUT2D eigenvalue weighted by Crippen LogP contribution is 2.25. The van der Waals surface area contributed by atoms with E-state index in [1.807, 2.05) is 34.5 Å². The summed E-state index contributed by atoms with van der Waals surface area (Å²) in [5.74, 6) is 5.07. The third-order valence-electron chi connectivity index (χ3n) is 3.54. The van der Waals surface area contributed by atoms with Crippen LogP contribution in [0.2, 0.25) is 0 Å². The van der Waals surface area contributed by atoms with Crippen LogP contribution in [0.5, 0.6) is 5.75 Å². The highest BCUT2D eigenvalue weighted by molar-refractivity contribution is 5.89. The molecule has 0 atom stereocenters. The van der Waals surface area contributed by atoms with E-state index in [2.05, 4.69) is 22.1 Å². The van der Waals surface area contributed by atoms with E-state index >= 15 is 0 Å². The van der Waals surface area contributed by atoms with E-state index in [1.165, 1.54) is 6.07 Å². The number of aromatic carboxylic acids is 1. The van der Waals surface area contributed by atoms with Crippen LogP contribution in [0.3, 0.4) is 0 Å². The predicted molar refractivity (Wildman–Crippen MR) is 121 cm³/mol. The minimum Gasteiger partial charge on any atom is -0.495 e. The van der Waals surface area contributed by atoms with Crippen LogP contribution in [0.25, 0.3) is 0 Å². The van der Waals surface area contributed by atoms with Gasteiger partial charge in [0.25, 0.3) is 0 Å². The molecule has 8 nitrogen and oxygen atoms in total. The summed E-state index contributed by atoms with van der Waals surface area (Å²) in [6.45, 7) is 14.7. The summed E-state index contributed by atoms with van der Waals surface area (Å²) in [4.78, 5) is 21.3. The molecule has 0 aromatic heterocycles. The second-order valence-corrected chi connectivity index (χ2v) is 5.10. The summed E-state index contributed by atoms with van der Waals surface area (Å²) in [6.07, 6.45) is 0. The summed E-state index contributed by atoms with van der Waals surface area (Å²) < 4.78 is 10.5. The van der Waals surface area contributed by atoms with Crippen LogP contribution in [0, 0.1) is 11.8 Å². The lowest BCUT2D eigenvalue weighted by molar-refractivity contribution is -0.0980. The van der Waals surface area contributed by atoms with Gasteiger partial charge in [0.15, 0.2) is 0 Å². The van der Waals surface area contributed by atoms with Crippen LogP contribution in [0.1, 0.15) is 38.1 Å². The van der Waals surface area contributed by atoms with Crippen molar-refractivity contribution in [1.29, 1.82) is 0 Å². The Morgan fingerprint density at radius 1 is 1.20 bits per heavy atom. The van der Waals surface area contributed by atoms with Gasteiger partial charge in [-0.2, -0.15) is 0 Å². The van der Waals surface area contributed by atoms with Gasteiger partial charge in [0, 0.05) is 33.3 Å². The van der Waals surface area contributed by atoms with E-state index in [4.69, 9.17) is 24.5 Å². The van der Waals surface area contributed by atoms with Crippen molar-refractivity contribution >= 4 is 18.4 Å². The number of carboxylic acid groups (broad SMARTS) is 1. The highest BCUT2D eigenvalue weighted by Gasteiger charge is 2.11. The van der Waals surface area contributed by atoms with E-state index < -0.39 is 5.97 Å². The maximum absolute atomic E-state index is 11.0. The zero-order valence-corrected chi connectivity index (χ0v) is 19.2. The summed E-state index contributed by atoms with van der Waals surface area (Å²) in [5.41, 5.74) is 0.959. The monoisotopic (exact) mass is 426 g/mol. The van der Waals surface area contributed by atoms with Crippen molar-refractivity contribution < 1.29 is 29.3 Å². The molecule has 0 saturated carbocycles. The Morgan fingerprint density at radius 3 is 2.17 bits per heavy atom. The smallest absolute Gasteiger partial charge is 0.335 e. The number of hydrogen-bond acceptors (Lipinski definition) is 7. The minimum absolute atomic E-state index is 0.250. The second-order valence-electron chi connectivity index (χ2n) is 5.10. The number of aliphatic hydroxyl groups is 1. The molecule has 2 rings (SSSR count). The number of hydrogen-bond donors (Lipinski definition) is 3. The third kappa shape index (κ3) is 15.3.